The van der Waals surface area contributed by atoms with Crippen LogP contribution in [0, 0.1) is 5.41 Å². The average Bonchev–Trinajstić information content (AvgIpc) is 2.12. The van der Waals surface area contributed by atoms with Crippen molar-refractivity contribution in [3.05, 3.63) is 0 Å². The largest absolute Gasteiger partial charge is 0.327 e. The highest BCUT2D eigenvalue weighted by molar-refractivity contribution is 4.78. The molecule has 2 heteroatoms. The molecule has 0 aromatic rings. The average molecular weight is 214 g/mol. The minimum absolute atomic E-state index is 0.231. The molecule has 2 N–H and O–H groups in total. The summed E-state index contributed by atoms with van der Waals surface area (Å²) in [5, 5.41) is 0. The summed E-state index contributed by atoms with van der Waals surface area (Å²) in [4.78, 5) is 2.43. The zero-order chi connectivity index (χ0) is 12.1. The van der Waals surface area contributed by atoms with Gasteiger partial charge in [0.25, 0.3) is 0 Å². The number of hydrogen-bond donors (Lipinski definition) is 1. The molecule has 0 radical (unpaired) electrons. The van der Waals surface area contributed by atoms with Crippen molar-refractivity contribution in [3.8, 4) is 0 Å². The lowest BCUT2D eigenvalue weighted by molar-refractivity contribution is 0.210. The summed E-state index contributed by atoms with van der Waals surface area (Å²) in [5.41, 5.74) is 6.38. The summed E-state index contributed by atoms with van der Waals surface area (Å²) < 4.78 is 0. The van der Waals surface area contributed by atoms with Crippen LogP contribution in [0.15, 0.2) is 0 Å². The molecule has 0 heterocycles. The Hall–Kier alpha value is -0.0800. The van der Waals surface area contributed by atoms with Crippen molar-refractivity contribution in [1.29, 1.82) is 0 Å². The van der Waals surface area contributed by atoms with Crippen molar-refractivity contribution < 1.29 is 0 Å². The third-order valence-electron chi connectivity index (χ3n) is 3.36. The molecule has 0 aliphatic rings. The predicted molar refractivity (Wildman–Crippen MR) is 69.0 cm³/mol. The first-order chi connectivity index (χ1) is 6.79. The van der Waals surface area contributed by atoms with Gasteiger partial charge in [-0.1, -0.05) is 34.1 Å². The number of nitrogens with two attached hydrogens (primary N) is 1. The molecule has 0 amide bonds. The van der Waals surface area contributed by atoms with Crippen LogP contribution in [0.25, 0.3) is 0 Å². The van der Waals surface area contributed by atoms with Gasteiger partial charge in [0, 0.05) is 12.1 Å². The van der Waals surface area contributed by atoms with Gasteiger partial charge in [0.05, 0.1) is 0 Å². The van der Waals surface area contributed by atoms with Crippen LogP contribution in [-0.2, 0) is 0 Å². The van der Waals surface area contributed by atoms with Crippen LogP contribution < -0.4 is 5.73 Å². The quantitative estimate of drug-likeness (QED) is 0.736. The first kappa shape index (κ1) is 14.9. The monoisotopic (exact) mass is 214 g/mol. The molecule has 2 atom stereocenters. The molecule has 0 saturated carbocycles. The molecule has 0 bridgehead atoms. The highest BCUT2D eigenvalue weighted by Crippen LogP contribution is 2.20. The second-order valence-corrected chi connectivity index (χ2v) is 5.88. The Bertz CT molecular complexity index is 160. The van der Waals surface area contributed by atoms with Gasteiger partial charge in [-0.2, -0.15) is 0 Å². The first-order valence-electron chi connectivity index (χ1n) is 6.24. The van der Waals surface area contributed by atoms with Gasteiger partial charge in [-0.25, -0.2) is 0 Å². The third-order valence-corrected chi connectivity index (χ3v) is 3.36. The van der Waals surface area contributed by atoms with Crippen LogP contribution in [0.3, 0.4) is 0 Å². The maximum atomic E-state index is 6.15. The van der Waals surface area contributed by atoms with Crippen molar-refractivity contribution >= 4 is 0 Å². The lowest BCUT2D eigenvalue weighted by Crippen LogP contribution is -2.39. The normalized spacial score (nSPS) is 16.8. The Labute approximate surface area is 96.2 Å². The van der Waals surface area contributed by atoms with E-state index in [1.54, 1.807) is 0 Å². The number of nitrogens with zero attached hydrogens (tertiary/aromatic N) is 1. The molecular formula is C13H30N2. The smallest absolute Gasteiger partial charge is 0.00998 e. The predicted octanol–water partition coefficient (Wildman–Crippen LogP) is 2.87. The molecule has 0 spiro atoms. The van der Waals surface area contributed by atoms with E-state index in [-0.39, 0.29) is 5.41 Å². The number of hydrogen-bond acceptors (Lipinski definition) is 2. The lowest BCUT2D eigenvalue weighted by Gasteiger charge is -2.31. The van der Waals surface area contributed by atoms with E-state index in [4.69, 9.17) is 5.73 Å². The highest BCUT2D eigenvalue weighted by atomic mass is 15.1. The SMILES string of the molecule is CCCC(C)N(C)CCC(N)C(C)(C)C. The van der Waals surface area contributed by atoms with Crippen LogP contribution in [0.5, 0.6) is 0 Å². The fraction of sp³-hybridized carbons (Fsp3) is 1.00. The molecule has 0 fully saturated rings. The summed E-state index contributed by atoms with van der Waals surface area (Å²) in [6.45, 7) is 12.3. The van der Waals surface area contributed by atoms with E-state index in [2.05, 4.69) is 46.6 Å². The molecule has 2 unspecified atom stereocenters. The Morgan fingerprint density at radius 2 is 1.73 bits per heavy atom. The maximum Gasteiger partial charge on any atom is 0.00998 e. The topological polar surface area (TPSA) is 29.3 Å². The fourth-order valence-electron chi connectivity index (χ4n) is 1.63. The van der Waals surface area contributed by atoms with E-state index in [1.807, 2.05) is 0 Å². The van der Waals surface area contributed by atoms with Gasteiger partial charge < -0.3 is 10.6 Å². The van der Waals surface area contributed by atoms with Gasteiger partial charge in [-0.05, 0) is 38.8 Å². The standard InChI is InChI=1S/C13H30N2/c1-7-8-11(2)15(6)10-9-12(14)13(3,4)5/h11-12H,7-10,14H2,1-6H3. The van der Waals surface area contributed by atoms with Crippen LogP contribution in [0.1, 0.15) is 53.9 Å². The van der Waals surface area contributed by atoms with Gasteiger partial charge in [-0.15, -0.1) is 0 Å². The summed E-state index contributed by atoms with van der Waals surface area (Å²) in [6.07, 6.45) is 3.63. The summed E-state index contributed by atoms with van der Waals surface area (Å²) in [5.74, 6) is 0. The zero-order valence-electron chi connectivity index (χ0n) is 11.5. The lowest BCUT2D eigenvalue weighted by atomic mass is 9.85. The van der Waals surface area contributed by atoms with E-state index in [0.29, 0.717) is 12.1 Å². The van der Waals surface area contributed by atoms with Gasteiger partial charge in [0.2, 0.25) is 0 Å². The maximum absolute atomic E-state index is 6.15. The Kier molecular flexibility index (Phi) is 6.46. The van der Waals surface area contributed by atoms with Crippen molar-refractivity contribution in [1.82, 2.24) is 4.90 Å². The molecule has 0 aliphatic carbocycles. The summed E-state index contributed by atoms with van der Waals surface area (Å²) in [7, 11) is 2.20. The molecule has 15 heavy (non-hydrogen) atoms. The second-order valence-electron chi connectivity index (χ2n) is 5.88. The molecule has 92 valence electrons. The number of rotatable bonds is 6. The Morgan fingerprint density at radius 3 is 2.13 bits per heavy atom. The van der Waals surface area contributed by atoms with Crippen molar-refractivity contribution in [2.24, 2.45) is 11.1 Å². The van der Waals surface area contributed by atoms with Crippen LogP contribution in [0.4, 0.5) is 0 Å². The van der Waals surface area contributed by atoms with Gasteiger partial charge in [0.15, 0.2) is 0 Å². The van der Waals surface area contributed by atoms with E-state index >= 15 is 0 Å². The fourth-order valence-corrected chi connectivity index (χ4v) is 1.63. The molecule has 0 aliphatic heterocycles. The summed E-state index contributed by atoms with van der Waals surface area (Å²) >= 11 is 0. The zero-order valence-corrected chi connectivity index (χ0v) is 11.5. The third kappa shape index (κ3) is 6.16. The minimum Gasteiger partial charge on any atom is -0.327 e. The van der Waals surface area contributed by atoms with E-state index in [9.17, 15) is 0 Å². The molecule has 0 rings (SSSR count). The van der Waals surface area contributed by atoms with Gasteiger partial charge >= 0.3 is 0 Å². The van der Waals surface area contributed by atoms with Gasteiger partial charge in [0.1, 0.15) is 0 Å². The van der Waals surface area contributed by atoms with Crippen LogP contribution >= 0.6 is 0 Å². The molecule has 0 saturated heterocycles. The molecular weight excluding hydrogens is 184 g/mol. The second kappa shape index (κ2) is 6.49. The van der Waals surface area contributed by atoms with E-state index in [0.717, 1.165) is 13.0 Å². The van der Waals surface area contributed by atoms with E-state index in [1.165, 1.54) is 12.8 Å². The van der Waals surface area contributed by atoms with E-state index < -0.39 is 0 Å². The van der Waals surface area contributed by atoms with Crippen molar-refractivity contribution in [2.45, 2.75) is 66.0 Å². The van der Waals surface area contributed by atoms with Crippen molar-refractivity contribution in [2.75, 3.05) is 13.6 Å². The minimum atomic E-state index is 0.231. The Morgan fingerprint density at radius 1 is 1.20 bits per heavy atom. The molecule has 0 aromatic carbocycles. The molecule has 0 aromatic heterocycles. The Balaban J connectivity index is 3.85. The first-order valence-corrected chi connectivity index (χ1v) is 6.24. The van der Waals surface area contributed by atoms with Crippen molar-refractivity contribution in [3.63, 3.8) is 0 Å². The molecule has 2 nitrogen and oxygen atoms in total. The highest BCUT2D eigenvalue weighted by Gasteiger charge is 2.21. The van der Waals surface area contributed by atoms with Crippen LogP contribution in [0.2, 0.25) is 0 Å². The van der Waals surface area contributed by atoms with Crippen LogP contribution in [-0.4, -0.2) is 30.6 Å². The van der Waals surface area contributed by atoms with Gasteiger partial charge in [-0.3, -0.25) is 0 Å². The summed E-state index contributed by atoms with van der Waals surface area (Å²) in [6, 6.07) is 0.982.